The van der Waals surface area contributed by atoms with Crippen LogP contribution in [0.5, 0.6) is 0 Å². The van der Waals surface area contributed by atoms with Gasteiger partial charge in [0, 0.05) is 6.42 Å². The van der Waals surface area contributed by atoms with Crippen LogP contribution in [0.2, 0.25) is 0 Å². The highest BCUT2D eigenvalue weighted by molar-refractivity contribution is 5.20. The fourth-order valence-corrected chi connectivity index (χ4v) is 22.8. The maximum Gasteiger partial charge on any atom is 0.155 e. The van der Waals surface area contributed by atoms with Gasteiger partial charge >= 0.3 is 0 Å². The molecule has 2 nitrogen and oxygen atoms in total. The van der Waals surface area contributed by atoms with Gasteiger partial charge in [0.05, 0.1) is 6.10 Å². The van der Waals surface area contributed by atoms with E-state index in [0.29, 0.717) is 44.8 Å². The molecular weight excluding hydrogens is 753 g/mol. The number of aliphatic hydroxyl groups excluding tert-OH is 1. The van der Waals surface area contributed by atoms with Crippen molar-refractivity contribution in [3.05, 3.63) is 0 Å². The average molecular weight is 860 g/mol. The molecule has 0 aromatic carbocycles. The second-order valence-corrected chi connectivity index (χ2v) is 28.4. The van der Waals surface area contributed by atoms with Gasteiger partial charge in [0.15, 0.2) is 6.29 Å². The summed E-state index contributed by atoms with van der Waals surface area (Å²) in [6.07, 6.45) is 21.3. The average Bonchev–Trinajstić information content (AvgIpc) is 3.56. The summed E-state index contributed by atoms with van der Waals surface area (Å²) in [6, 6.07) is 0. The van der Waals surface area contributed by atoms with Crippen molar-refractivity contribution in [1.29, 1.82) is 0 Å². The van der Waals surface area contributed by atoms with Crippen LogP contribution in [0, 0.1) is 145 Å². The highest BCUT2D eigenvalue weighted by Crippen LogP contribution is 2.78. The van der Waals surface area contributed by atoms with E-state index in [4.69, 9.17) is 4.74 Å². The van der Waals surface area contributed by atoms with Crippen molar-refractivity contribution in [3.63, 3.8) is 0 Å². The number of fused-ring (bicyclic) bond motifs is 8. The lowest BCUT2D eigenvalue weighted by Gasteiger charge is -2.77. The van der Waals surface area contributed by atoms with E-state index in [-0.39, 0.29) is 6.10 Å². The van der Waals surface area contributed by atoms with Crippen molar-refractivity contribution in [2.24, 2.45) is 145 Å². The van der Waals surface area contributed by atoms with E-state index in [1.54, 1.807) is 0 Å². The first kappa shape index (κ1) is 48.4. The Morgan fingerprint density at radius 3 is 2.00 bits per heavy atom. The summed E-state index contributed by atoms with van der Waals surface area (Å²) in [7, 11) is 0. The number of ether oxygens (including phenoxy) is 1. The molecule has 8 aliphatic rings. The molecule has 8 saturated carbocycles. The van der Waals surface area contributed by atoms with Gasteiger partial charge < -0.3 is 9.84 Å². The van der Waals surface area contributed by atoms with Crippen molar-refractivity contribution in [2.45, 2.75) is 233 Å². The molecule has 25 unspecified atom stereocenters. The van der Waals surface area contributed by atoms with Crippen LogP contribution in [-0.2, 0) is 4.74 Å². The fraction of sp³-hybridized carbons (Fsp3) is 1.00. The normalized spacial score (nSPS) is 55.9. The summed E-state index contributed by atoms with van der Waals surface area (Å²) in [5.41, 5.74) is 2.12. The Hall–Kier alpha value is -0.0800. The first-order valence-electron chi connectivity index (χ1n) is 28.3. The Balaban J connectivity index is 0.902. The molecule has 0 aromatic heterocycles. The van der Waals surface area contributed by atoms with Crippen LogP contribution >= 0.6 is 0 Å². The molecular formula is C60H106O2. The number of hydrogen-bond donors (Lipinski definition) is 1. The van der Waals surface area contributed by atoms with E-state index in [1.807, 2.05) is 0 Å². The maximum absolute atomic E-state index is 11.9. The molecule has 0 radical (unpaired) electrons. The molecule has 8 aliphatic carbocycles. The summed E-state index contributed by atoms with van der Waals surface area (Å²) in [6.45, 7) is 45.2. The maximum atomic E-state index is 11.9. The van der Waals surface area contributed by atoms with E-state index in [1.165, 1.54) is 89.9 Å². The fourth-order valence-electron chi connectivity index (χ4n) is 22.8. The Morgan fingerprint density at radius 2 is 1.32 bits per heavy atom. The second-order valence-electron chi connectivity index (χ2n) is 28.4. The van der Waals surface area contributed by atoms with Crippen LogP contribution in [-0.4, -0.2) is 17.5 Å². The van der Waals surface area contributed by atoms with E-state index in [0.717, 1.165) is 113 Å². The van der Waals surface area contributed by atoms with Crippen LogP contribution in [0.25, 0.3) is 0 Å². The molecule has 62 heavy (non-hydrogen) atoms. The third kappa shape index (κ3) is 7.12. The highest BCUT2D eigenvalue weighted by atomic mass is 16.6. The largest absolute Gasteiger partial charge is 0.368 e. The third-order valence-corrected chi connectivity index (χ3v) is 26.2. The first-order chi connectivity index (χ1) is 29.0. The molecule has 358 valence electrons. The van der Waals surface area contributed by atoms with Gasteiger partial charge in [-0.3, -0.25) is 0 Å². The summed E-state index contributed by atoms with van der Waals surface area (Å²) >= 11 is 0. The van der Waals surface area contributed by atoms with Gasteiger partial charge in [0.1, 0.15) is 0 Å². The minimum absolute atomic E-state index is 0.242. The van der Waals surface area contributed by atoms with Crippen LogP contribution in [0.3, 0.4) is 0 Å². The smallest absolute Gasteiger partial charge is 0.155 e. The Kier molecular flexibility index (Phi) is 13.4. The van der Waals surface area contributed by atoms with Gasteiger partial charge in [-0.2, -0.15) is 0 Å². The van der Waals surface area contributed by atoms with Gasteiger partial charge in [-0.05, 0) is 222 Å². The molecule has 0 amide bonds. The Morgan fingerprint density at radius 1 is 0.661 bits per heavy atom. The van der Waals surface area contributed by atoms with Gasteiger partial charge in [-0.15, -0.1) is 0 Å². The van der Waals surface area contributed by atoms with Crippen LogP contribution < -0.4 is 0 Å². The van der Waals surface area contributed by atoms with Crippen molar-refractivity contribution in [2.75, 3.05) is 0 Å². The molecule has 8 fully saturated rings. The molecule has 1 N–H and O–H groups in total. The molecule has 2 heteroatoms. The van der Waals surface area contributed by atoms with E-state index < -0.39 is 6.29 Å². The van der Waals surface area contributed by atoms with Gasteiger partial charge in [-0.25, -0.2) is 0 Å². The number of hydrogen-bond acceptors (Lipinski definition) is 2. The van der Waals surface area contributed by atoms with Gasteiger partial charge in [0.25, 0.3) is 0 Å². The summed E-state index contributed by atoms with van der Waals surface area (Å²) in [4.78, 5) is 0. The molecule has 0 aliphatic heterocycles. The van der Waals surface area contributed by atoms with E-state index in [9.17, 15) is 5.11 Å². The second kappa shape index (κ2) is 17.2. The highest BCUT2D eigenvalue weighted by Gasteiger charge is 2.73. The van der Waals surface area contributed by atoms with E-state index >= 15 is 0 Å². The van der Waals surface area contributed by atoms with Crippen molar-refractivity contribution >= 4 is 0 Å². The predicted molar refractivity (Wildman–Crippen MR) is 263 cm³/mol. The predicted octanol–water partition coefficient (Wildman–Crippen LogP) is 16.6. The van der Waals surface area contributed by atoms with Crippen LogP contribution in [0.4, 0.5) is 0 Å². The van der Waals surface area contributed by atoms with Crippen LogP contribution in [0.15, 0.2) is 0 Å². The molecule has 25 atom stereocenters. The van der Waals surface area contributed by atoms with Gasteiger partial charge in [-0.1, -0.05) is 137 Å². The summed E-state index contributed by atoms with van der Waals surface area (Å²) in [5.74, 6) is 15.8. The molecule has 8 rings (SSSR count). The zero-order chi connectivity index (χ0) is 45.2. The lowest BCUT2D eigenvalue weighted by Crippen LogP contribution is -2.71. The topological polar surface area (TPSA) is 29.5 Å². The van der Waals surface area contributed by atoms with E-state index in [2.05, 4.69) is 118 Å². The van der Waals surface area contributed by atoms with Crippen molar-refractivity contribution in [1.82, 2.24) is 0 Å². The van der Waals surface area contributed by atoms with Gasteiger partial charge in [0.2, 0.25) is 0 Å². The monoisotopic (exact) mass is 859 g/mol. The molecule has 0 aromatic rings. The summed E-state index contributed by atoms with van der Waals surface area (Å²) < 4.78 is 6.85. The van der Waals surface area contributed by atoms with Crippen molar-refractivity contribution in [3.8, 4) is 0 Å². The lowest BCUT2D eigenvalue weighted by molar-refractivity contribution is -0.292. The Bertz CT molecular complexity index is 1550. The standard InChI is InChI=1S/C60H106O2/c1-34(2)19-18-20-36(5)49-25-26-50-48-24-22-45-32-46(27-29-56(45,13)51(48)28-30-57(49,50)14)62-52(61)31-44-21-23-47-40(9)59(16)43(12)58(15)33-37(6)53(35(3)4)41(10)60(58,17)42(11)55(59)39(8)54(47)38(44)7/h34-55,61H,18-33H2,1-17H3. The first-order valence-corrected chi connectivity index (χ1v) is 28.3. The number of aliphatic hydroxyl groups is 1. The summed E-state index contributed by atoms with van der Waals surface area (Å²) in [5, 5.41) is 11.9. The molecule has 0 spiro atoms. The molecule has 0 bridgehead atoms. The zero-order valence-electron chi connectivity index (χ0n) is 44.4. The molecule has 0 saturated heterocycles. The quantitative estimate of drug-likeness (QED) is 0.222. The third-order valence-electron chi connectivity index (χ3n) is 26.2. The zero-order valence-corrected chi connectivity index (χ0v) is 44.4. The molecule has 0 heterocycles. The SMILES string of the molecule is CC(C)CCCC(C)C1CCC2C3CCC4CC(OC(O)CC5CCC6C(C5C)C(C)C5C(C)C7(C)C(C)C(C(C)C)C(C)CC7(C)C(C)C5(C)C6C)CCC4(C)C3CCC12C. The number of rotatable bonds is 10. The lowest BCUT2D eigenvalue weighted by atomic mass is 9.28. The minimum Gasteiger partial charge on any atom is -0.368 e. The van der Waals surface area contributed by atoms with Crippen molar-refractivity contribution < 1.29 is 9.84 Å². The van der Waals surface area contributed by atoms with Crippen LogP contribution in [0.1, 0.15) is 220 Å². The minimum atomic E-state index is -0.606. The Labute approximate surface area is 386 Å².